The van der Waals surface area contributed by atoms with E-state index in [1.54, 1.807) is 18.2 Å². The fraction of sp³-hybridized carbons (Fsp3) is 0.333. The van der Waals surface area contributed by atoms with Crippen LogP contribution in [0.5, 0.6) is 0 Å². The van der Waals surface area contributed by atoms with Gasteiger partial charge in [0.15, 0.2) is 0 Å². The summed E-state index contributed by atoms with van der Waals surface area (Å²) in [4.78, 5) is 27.0. The number of hydrogen-bond acceptors (Lipinski definition) is 4. The van der Waals surface area contributed by atoms with Crippen LogP contribution in [0, 0.1) is 0 Å². The zero-order valence-electron chi connectivity index (χ0n) is 21.8. The van der Waals surface area contributed by atoms with Gasteiger partial charge in [0.2, 0.25) is 0 Å². The maximum absolute atomic E-state index is 13.3. The predicted octanol–water partition coefficient (Wildman–Crippen LogP) is 7.01. The Morgan fingerprint density at radius 1 is 0.919 bits per heavy atom. The molecule has 0 aromatic heterocycles. The lowest BCUT2D eigenvalue weighted by molar-refractivity contribution is -0.137. The van der Waals surface area contributed by atoms with E-state index in [1.807, 2.05) is 43.3 Å². The number of unbranched alkanes of at least 4 members (excludes halogenated alkanes) is 3. The first-order chi connectivity index (χ1) is 17.8. The van der Waals surface area contributed by atoms with Crippen molar-refractivity contribution in [3.8, 4) is 11.1 Å². The number of nitrogens with zero attached hydrogens (tertiary/aromatic N) is 1. The number of halogens is 1. The topological polar surface area (TPSA) is 81.7 Å². The number of carbonyl (C=O) groups excluding carboxylic acids is 1. The predicted molar refractivity (Wildman–Crippen MR) is 153 cm³/mol. The van der Waals surface area contributed by atoms with Crippen LogP contribution in [-0.4, -0.2) is 37.6 Å². The molecule has 0 aliphatic carbocycles. The molecule has 3 aromatic carbocycles. The number of amides is 1. The largest absolute Gasteiger partial charge is 0.481 e. The minimum atomic E-state index is -0.992. The van der Waals surface area contributed by atoms with Crippen molar-refractivity contribution in [3.63, 3.8) is 0 Å². The molecule has 3 rings (SSSR count). The molecule has 0 aliphatic rings. The van der Waals surface area contributed by atoms with Gasteiger partial charge >= 0.3 is 5.97 Å². The Balaban J connectivity index is 1.77. The summed E-state index contributed by atoms with van der Waals surface area (Å²) < 4.78 is 0. The highest BCUT2D eigenvalue weighted by Gasteiger charge is 2.21. The Labute approximate surface area is 224 Å². The smallest absolute Gasteiger partial charge is 0.305 e. The monoisotopic (exact) mass is 521 g/mol. The summed E-state index contributed by atoms with van der Waals surface area (Å²) in [5.41, 5.74) is 4.99. The molecule has 0 fully saturated rings. The first-order valence-electron chi connectivity index (χ1n) is 12.7. The first kappa shape index (κ1) is 28.1. The van der Waals surface area contributed by atoms with Crippen molar-refractivity contribution in [2.45, 2.75) is 45.1 Å². The summed E-state index contributed by atoms with van der Waals surface area (Å²) >= 11 is 6.20. The molecule has 1 atom stereocenters. The van der Waals surface area contributed by atoms with Gasteiger partial charge in [-0.2, -0.15) is 0 Å². The van der Waals surface area contributed by atoms with Crippen molar-refractivity contribution in [2.75, 3.05) is 30.9 Å². The zero-order valence-corrected chi connectivity index (χ0v) is 22.5. The van der Waals surface area contributed by atoms with Crippen LogP contribution < -0.4 is 15.5 Å². The number of carboxylic acids is 1. The standard InChI is InChI=1S/C30H36ClN3O3/c1-4-5-6-7-18-32-27-17-14-24(31)19-26(27)30(37)33-28(20-29(35)36)23-10-8-21(9-11-23)22-12-15-25(16-13-22)34(2)3/h8-17,19,28,32H,4-7,18,20H2,1-3H3,(H,33,37)(H,35,36). The summed E-state index contributed by atoms with van der Waals surface area (Å²) in [5.74, 6) is -1.36. The van der Waals surface area contributed by atoms with E-state index < -0.39 is 12.0 Å². The molecule has 0 radical (unpaired) electrons. The van der Waals surface area contributed by atoms with Crippen molar-refractivity contribution in [2.24, 2.45) is 0 Å². The maximum atomic E-state index is 13.3. The SMILES string of the molecule is CCCCCCNc1ccc(Cl)cc1C(=O)NC(CC(=O)O)c1ccc(-c2ccc(N(C)C)cc2)cc1. The molecule has 1 amide bonds. The third kappa shape index (κ3) is 8.25. The molecule has 3 N–H and O–H groups in total. The highest BCUT2D eigenvalue weighted by molar-refractivity contribution is 6.31. The number of carbonyl (C=O) groups is 2. The van der Waals surface area contributed by atoms with Gasteiger partial charge in [-0.15, -0.1) is 0 Å². The van der Waals surface area contributed by atoms with E-state index in [4.69, 9.17) is 11.6 Å². The van der Waals surface area contributed by atoms with Crippen molar-refractivity contribution >= 4 is 34.9 Å². The van der Waals surface area contributed by atoms with Gasteiger partial charge in [0.1, 0.15) is 0 Å². The molecule has 0 bridgehead atoms. The van der Waals surface area contributed by atoms with Gasteiger partial charge in [-0.25, -0.2) is 0 Å². The summed E-state index contributed by atoms with van der Waals surface area (Å²) in [6, 6.07) is 20.3. The average molecular weight is 522 g/mol. The van der Waals surface area contributed by atoms with Crippen LogP contribution in [0.2, 0.25) is 5.02 Å². The number of benzene rings is 3. The third-order valence-corrected chi connectivity index (χ3v) is 6.52. The van der Waals surface area contributed by atoms with Crippen LogP contribution in [0.25, 0.3) is 11.1 Å². The van der Waals surface area contributed by atoms with E-state index in [9.17, 15) is 14.7 Å². The Bertz CT molecular complexity index is 1180. The van der Waals surface area contributed by atoms with Crippen LogP contribution in [0.3, 0.4) is 0 Å². The van der Waals surface area contributed by atoms with Crippen LogP contribution in [0.15, 0.2) is 66.7 Å². The van der Waals surface area contributed by atoms with E-state index in [1.165, 1.54) is 6.42 Å². The zero-order chi connectivity index (χ0) is 26.8. The fourth-order valence-corrected chi connectivity index (χ4v) is 4.33. The second kappa shape index (κ2) is 13.7. The Morgan fingerprint density at radius 2 is 1.57 bits per heavy atom. The Kier molecular flexibility index (Phi) is 10.4. The highest BCUT2D eigenvalue weighted by atomic mass is 35.5. The normalized spacial score (nSPS) is 11.6. The lowest BCUT2D eigenvalue weighted by Gasteiger charge is -2.20. The second-order valence-electron chi connectivity index (χ2n) is 9.36. The minimum Gasteiger partial charge on any atom is -0.481 e. The molecular weight excluding hydrogens is 486 g/mol. The minimum absolute atomic E-state index is 0.233. The molecule has 6 nitrogen and oxygen atoms in total. The van der Waals surface area contributed by atoms with E-state index >= 15 is 0 Å². The van der Waals surface area contributed by atoms with Crippen molar-refractivity contribution < 1.29 is 14.7 Å². The lowest BCUT2D eigenvalue weighted by atomic mass is 9.98. The lowest BCUT2D eigenvalue weighted by Crippen LogP contribution is -2.30. The molecule has 7 heteroatoms. The molecule has 0 aliphatic heterocycles. The maximum Gasteiger partial charge on any atom is 0.305 e. The van der Waals surface area contributed by atoms with Gasteiger partial charge in [0.05, 0.1) is 18.0 Å². The molecule has 196 valence electrons. The first-order valence-corrected chi connectivity index (χ1v) is 13.1. The molecule has 0 spiro atoms. The second-order valence-corrected chi connectivity index (χ2v) is 9.80. The van der Waals surface area contributed by atoms with E-state index in [-0.39, 0.29) is 12.3 Å². The van der Waals surface area contributed by atoms with Crippen molar-refractivity contribution in [1.82, 2.24) is 5.32 Å². The van der Waals surface area contributed by atoms with Gasteiger partial charge in [-0.3, -0.25) is 9.59 Å². The summed E-state index contributed by atoms with van der Waals surface area (Å²) in [7, 11) is 3.99. The number of anilines is 2. The number of aliphatic carboxylic acids is 1. The quantitative estimate of drug-likeness (QED) is 0.211. The van der Waals surface area contributed by atoms with Gasteiger partial charge in [0, 0.05) is 37.0 Å². The summed E-state index contributed by atoms with van der Waals surface area (Å²) in [6.07, 6.45) is 4.22. The molecule has 0 heterocycles. The molecule has 0 saturated carbocycles. The Hall–Kier alpha value is -3.51. The van der Waals surface area contributed by atoms with E-state index in [0.717, 1.165) is 48.2 Å². The fourth-order valence-electron chi connectivity index (χ4n) is 4.16. The molecular formula is C30H36ClN3O3. The van der Waals surface area contributed by atoms with Crippen LogP contribution in [0.4, 0.5) is 11.4 Å². The van der Waals surface area contributed by atoms with Gasteiger partial charge in [-0.1, -0.05) is 74.2 Å². The van der Waals surface area contributed by atoms with Crippen molar-refractivity contribution in [3.05, 3.63) is 82.9 Å². The molecule has 1 unspecified atom stereocenters. The summed E-state index contributed by atoms with van der Waals surface area (Å²) in [6.45, 7) is 2.91. The number of carboxylic acid groups (broad SMARTS) is 1. The molecule has 3 aromatic rings. The van der Waals surface area contributed by atoms with Crippen LogP contribution >= 0.6 is 11.6 Å². The van der Waals surface area contributed by atoms with Crippen LogP contribution in [-0.2, 0) is 4.79 Å². The third-order valence-electron chi connectivity index (χ3n) is 6.29. The molecule has 37 heavy (non-hydrogen) atoms. The number of rotatable bonds is 13. The van der Waals surface area contributed by atoms with Gasteiger partial charge in [-0.05, 0) is 53.4 Å². The average Bonchev–Trinajstić information content (AvgIpc) is 2.88. The van der Waals surface area contributed by atoms with Gasteiger partial charge < -0.3 is 20.6 Å². The number of hydrogen-bond donors (Lipinski definition) is 3. The van der Waals surface area contributed by atoms with E-state index in [2.05, 4.69) is 41.8 Å². The molecule has 0 saturated heterocycles. The highest BCUT2D eigenvalue weighted by Crippen LogP contribution is 2.27. The van der Waals surface area contributed by atoms with Gasteiger partial charge in [0.25, 0.3) is 5.91 Å². The van der Waals surface area contributed by atoms with Crippen LogP contribution in [0.1, 0.15) is 61.0 Å². The van der Waals surface area contributed by atoms with Crippen molar-refractivity contribution in [1.29, 1.82) is 0 Å². The van der Waals surface area contributed by atoms with E-state index in [0.29, 0.717) is 16.3 Å². The Morgan fingerprint density at radius 3 is 2.16 bits per heavy atom. The summed E-state index contributed by atoms with van der Waals surface area (Å²) in [5, 5.41) is 16.2. The number of nitrogens with one attached hydrogen (secondary N) is 2.